The third-order valence-corrected chi connectivity index (χ3v) is 5.16. The zero-order valence-corrected chi connectivity index (χ0v) is 13.2. The molecule has 21 heavy (non-hydrogen) atoms. The van der Waals surface area contributed by atoms with Gasteiger partial charge < -0.3 is 4.74 Å². The first-order chi connectivity index (χ1) is 10.1. The highest BCUT2D eigenvalue weighted by Crippen LogP contribution is 2.45. The van der Waals surface area contributed by atoms with E-state index in [1.807, 2.05) is 13.8 Å². The maximum atomic E-state index is 6.15. The lowest BCUT2D eigenvalue weighted by molar-refractivity contribution is -0.0982. The number of nitrogens with zero attached hydrogens (tertiary/aromatic N) is 1. The van der Waals surface area contributed by atoms with E-state index in [1.165, 1.54) is 31.2 Å². The van der Waals surface area contributed by atoms with Crippen molar-refractivity contribution >= 4 is 0 Å². The normalized spacial score (nSPS) is 26.1. The molecule has 1 aliphatic carbocycles. The summed E-state index contributed by atoms with van der Waals surface area (Å²) < 4.78 is 6.15. The Morgan fingerprint density at radius 2 is 1.95 bits per heavy atom. The van der Waals surface area contributed by atoms with Gasteiger partial charge in [-0.05, 0) is 63.1 Å². The second-order valence-corrected chi connectivity index (χ2v) is 6.82. The first kappa shape index (κ1) is 14.9. The molecule has 1 spiro atoms. The van der Waals surface area contributed by atoms with Gasteiger partial charge in [0.1, 0.15) is 0 Å². The van der Waals surface area contributed by atoms with Gasteiger partial charge in [0.2, 0.25) is 0 Å². The minimum Gasteiger partial charge on any atom is -0.375 e. The van der Waals surface area contributed by atoms with Crippen molar-refractivity contribution in [2.24, 2.45) is 11.8 Å². The van der Waals surface area contributed by atoms with Crippen LogP contribution in [-0.2, 0) is 4.74 Å². The fourth-order valence-electron chi connectivity index (χ4n) is 4.27. The molecule has 2 atom stereocenters. The van der Waals surface area contributed by atoms with E-state index in [0.717, 1.165) is 30.8 Å². The van der Waals surface area contributed by atoms with Gasteiger partial charge >= 0.3 is 0 Å². The Morgan fingerprint density at radius 1 is 1.29 bits per heavy atom. The Bertz CT molecular complexity index is 477. The third kappa shape index (κ3) is 3.12. The van der Waals surface area contributed by atoms with Crippen LogP contribution in [0.2, 0.25) is 0 Å². The highest BCUT2D eigenvalue weighted by atomic mass is 16.5. The zero-order chi connectivity index (χ0) is 14.9. The Kier molecular flexibility index (Phi) is 4.29. The number of hydrogen-bond acceptors (Lipinski definition) is 4. The summed E-state index contributed by atoms with van der Waals surface area (Å²) in [6.45, 7) is 4.96. The molecule has 3 N–H and O–H groups in total. The van der Waals surface area contributed by atoms with E-state index in [0.29, 0.717) is 5.92 Å². The van der Waals surface area contributed by atoms with Crippen LogP contribution in [0.1, 0.15) is 61.5 Å². The van der Waals surface area contributed by atoms with Gasteiger partial charge in [0.25, 0.3) is 0 Å². The molecule has 0 aromatic carbocycles. The molecule has 1 aromatic heterocycles. The predicted molar refractivity (Wildman–Crippen MR) is 83.7 cm³/mol. The van der Waals surface area contributed by atoms with Gasteiger partial charge in [0.05, 0.1) is 5.60 Å². The van der Waals surface area contributed by atoms with E-state index >= 15 is 0 Å². The highest BCUT2D eigenvalue weighted by Gasteiger charge is 2.42. The third-order valence-electron chi connectivity index (χ3n) is 5.16. The summed E-state index contributed by atoms with van der Waals surface area (Å²) in [6, 6.07) is 4.52. The van der Waals surface area contributed by atoms with Crippen molar-refractivity contribution in [3.63, 3.8) is 0 Å². The van der Waals surface area contributed by atoms with Crippen molar-refractivity contribution in [2.45, 2.75) is 64.0 Å². The van der Waals surface area contributed by atoms with Crippen molar-refractivity contribution in [3.05, 3.63) is 29.1 Å². The van der Waals surface area contributed by atoms with E-state index in [4.69, 9.17) is 10.6 Å². The summed E-state index contributed by atoms with van der Waals surface area (Å²) in [6.07, 6.45) is 7.26. The standard InChI is InChI=1S/C17H27N3O/c1-12-9-15(10-13(2)19-12)16(20-18)14-5-8-21-17(11-14)6-3-4-7-17/h9-10,14,16,20H,3-8,11,18H2,1-2H3. The Labute approximate surface area is 127 Å². The van der Waals surface area contributed by atoms with E-state index < -0.39 is 0 Å². The lowest BCUT2D eigenvalue weighted by Gasteiger charge is -2.41. The van der Waals surface area contributed by atoms with Crippen LogP contribution in [0.4, 0.5) is 0 Å². The largest absolute Gasteiger partial charge is 0.375 e. The van der Waals surface area contributed by atoms with Gasteiger partial charge in [-0.25, -0.2) is 0 Å². The molecule has 3 rings (SSSR count). The predicted octanol–water partition coefficient (Wildman–Crippen LogP) is 2.94. The summed E-state index contributed by atoms with van der Waals surface area (Å²) in [4.78, 5) is 4.47. The molecule has 1 saturated carbocycles. The van der Waals surface area contributed by atoms with E-state index in [9.17, 15) is 0 Å². The van der Waals surface area contributed by atoms with Crippen LogP contribution in [0.3, 0.4) is 0 Å². The molecule has 2 fully saturated rings. The van der Waals surface area contributed by atoms with E-state index in [2.05, 4.69) is 22.5 Å². The Balaban J connectivity index is 1.82. The Hall–Kier alpha value is -0.970. The van der Waals surface area contributed by atoms with Gasteiger partial charge in [-0.1, -0.05) is 12.8 Å². The minimum atomic E-state index is 0.134. The average Bonchev–Trinajstić information content (AvgIpc) is 2.86. The molecule has 4 heteroatoms. The summed E-state index contributed by atoms with van der Waals surface area (Å²) in [5.41, 5.74) is 6.59. The second kappa shape index (κ2) is 6.03. The van der Waals surface area contributed by atoms with Crippen LogP contribution in [0.25, 0.3) is 0 Å². The number of rotatable bonds is 3. The van der Waals surface area contributed by atoms with Crippen LogP contribution in [0, 0.1) is 19.8 Å². The summed E-state index contributed by atoms with van der Waals surface area (Å²) in [5, 5.41) is 0. The van der Waals surface area contributed by atoms with Crippen LogP contribution in [0.5, 0.6) is 0 Å². The molecular formula is C17H27N3O. The smallest absolute Gasteiger partial charge is 0.0686 e. The molecule has 1 aliphatic heterocycles. The van der Waals surface area contributed by atoms with Crippen molar-refractivity contribution < 1.29 is 4.74 Å². The van der Waals surface area contributed by atoms with Crippen molar-refractivity contribution in [1.29, 1.82) is 0 Å². The van der Waals surface area contributed by atoms with Crippen LogP contribution < -0.4 is 11.3 Å². The molecule has 2 aliphatic rings. The molecule has 1 saturated heterocycles. The van der Waals surface area contributed by atoms with Gasteiger partial charge in [-0.2, -0.15) is 0 Å². The van der Waals surface area contributed by atoms with Gasteiger partial charge in [0.15, 0.2) is 0 Å². The number of pyridine rings is 1. The second-order valence-electron chi connectivity index (χ2n) is 6.82. The molecule has 0 radical (unpaired) electrons. The average molecular weight is 289 g/mol. The van der Waals surface area contributed by atoms with Crippen molar-refractivity contribution in [1.82, 2.24) is 10.4 Å². The molecule has 4 nitrogen and oxygen atoms in total. The first-order valence-corrected chi connectivity index (χ1v) is 8.17. The number of hydrogen-bond donors (Lipinski definition) is 2. The topological polar surface area (TPSA) is 60.2 Å². The number of aromatic nitrogens is 1. The minimum absolute atomic E-state index is 0.134. The SMILES string of the molecule is Cc1cc(C(NN)C2CCOC3(CCCC3)C2)cc(C)n1. The van der Waals surface area contributed by atoms with E-state index in [-0.39, 0.29) is 11.6 Å². The highest BCUT2D eigenvalue weighted by molar-refractivity contribution is 5.24. The number of ether oxygens (including phenoxy) is 1. The van der Waals surface area contributed by atoms with Crippen LogP contribution in [-0.4, -0.2) is 17.2 Å². The Morgan fingerprint density at radius 3 is 2.57 bits per heavy atom. The fourth-order valence-corrected chi connectivity index (χ4v) is 4.27. The monoisotopic (exact) mass is 289 g/mol. The molecule has 0 bridgehead atoms. The summed E-state index contributed by atoms with van der Waals surface area (Å²) in [5.74, 6) is 6.46. The number of nitrogens with two attached hydrogens (primary N) is 1. The zero-order valence-electron chi connectivity index (χ0n) is 13.2. The van der Waals surface area contributed by atoms with Crippen molar-refractivity contribution in [2.75, 3.05) is 6.61 Å². The molecule has 1 aromatic rings. The maximum Gasteiger partial charge on any atom is 0.0686 e. The lowest BCUT2D eigenvalue weighted by atomic mass is 9.78. The fraction of sp³-hybridized carbons (Fsp3) is 0.706. The summed E-state index contributed by atoms with van der Waals surface area (Å²) in [7, 11) is 0. The van der Waals surface area contributed by atoms with Crippen molar-refractivity contribution in [3.8, 4) is 0 Å². The molecule has 0 amide bonds. The number of hydrazine groups is 1. The van der Waals surface area contributed by atoms with Gasteiger partial charge in [-0.15, -0.1) is 0 Å². The van der Waals surface area contributed by atoms with E-state index in [1.54, 1.807) is 0 Å². The van der Waals surface area contributed by atoms with Crippen LogP contribution in [0.15, 0.2) is 12.1 Å². The van der Waals surface area contributed by atoms with Crippen LogP contribution >= 0.6 is 0 Å². The van der Waals surface area contributed by atoms with Gasteiger partial charge in [0, 0.05) is 24.0 Å². The maximum absolute atomic E-state index is 6.15. The number of aryl methyl sites for hydroxylation is 2. The number of nitrogens with one attached hydrogen (secondary N) is 1. The summed E-state index contributed by atoms with van der Waals surface area (Å²) >= 11 is 0. The molecule has 2 unspecified atom stereocenters. The molecule has 116 valence electrons. The lowest BCUT2D eigenvalue weighted by Crippen LogP contribution is -2.43. The molecular weight excluding hydrogens is 262 g/mol. The van der Waals surface area contributed by atoms with Gasteiger partial charge in [-0.3, -0.25) is 16.3 Å². The quantitative estimate of drug-likeness (QED) is 0.663. The molecule has 2 heterocycles. The first-order valence-electron chi connectivity index (χ1n) is 8.17.